The molecule has 0 rings (SSSR count). The number of nitrogens with one attached hydrogen (secondary N) is 3. The molecule has 0 saturated carbocycles. The van der Waals surface area contributed by atoms with E-state index in [1.165, 1.54) is 0 Å². The Morgan fingerprint density at radius 2 is 1.64 bits per heavy atom. The third kappa shape index (κ3) is 7.71. The number of carbonyl (C=O) groups is 4. The van der Waals surface area contributed by atoms with E-state index in [9.17, 15) is 24.3 Å². The molecule has 7 N–H and O–H groups in total. The van der Waals surface area contributed by atoms with Crippen LogP contribution in [0.5, 0.6) is 0 Å². The van der Waals surface area contributed by atoms with E-state index in [1.54, 1.807) is 6.92 Å². The van der Waals surface area contributed by atoms with Gasteiger partial charge in [-0.3, -0.25) is 14.4 Å². The summed E-state index contributed by atoms with van der Waals surface area (Å²) in [4.78, 5) is 46.8. The summed E-state index contributed by atoms with van der Waals surface area (Å²) in [6, 6.07) is -3.57. The maximum atomic E-state index is 12.4. The second kappa shape index (κ2) is 11.7. The topological polar surface area (TPSA) is 171 Å². The zero-order valence-electron chi connectivity index (χ0n) is 14.2. The summed E-state index contributed by atoms with van der Waals surface area (Å²) in [5, 5.41) is 25.2. The standard InChI is InChI=1S/C14H26N4O6S/c1-3-7(2)11(18-10(20)4-15)13(22)16-8(5-19)12(21)17-9(6-25)14(23)24/h7-9,11,19,25H,3-6,15H2,1-2H3,(H,16,22)(H,17,21)(H,18,20)(H,23,24). The van der Waals surface area contributed by atoms with E-state index < -0.39 is 48.4 Å². The monoisotopic (exact) mass is 378 g/mol. The minimum absolute atomic E-state index is 0.158. The van der Waals surface area contributed by atoms with E-state index in [0.717, 1.165) is 0 Å². The molecule has 0 saturated heterocycles. The predicted molar refractivity (Wildman–Crippen MR) is 92.9 cm³/mol. The fraction of sp³-hybridized carbons (Fsp3) is 0.714. The van der Waals surface area contributed by atoms with Gasteiger partial charge in [-0.15, -0.1) is 0 Å². The van der Waals surface area contributed by atoms with Gasteiger partial charge in [-0.1, -0.05) is 20.3 Å². The molecule has 0 aliphatic heterocycles. The summed E-state index contributed by atoms with van der Waals surface area (Å²) in [5.74, 6) is -3.78. The molecule has 10 nitrogen and oxygen atoms in total. The Morgan fingerprint density at radius 1 is 1.08 bits per heavy atom. The maximum absolute atomic E-state index is 12.4. The summed E-state index contributed by atoms with van der Waals surface area (Å²) in [6.07, 6.45) is 0.569. The molecule has 0 aliphatic carbocycles. The molecule has 0 spiro atoms. The lowest BCUT2D eigenvalue weighted by atomic mass is 9.98. The van der Waals surface area contributed by atoms with Gasteiger partial charge >= 0.3 is 5.97 Å². The lowest BCUT2D eigenvalue weighted by molar-refractivity contribution is -0.142. The van der Waals surface area contributed by atoms with Crippen molar-refractivity contribution >= 4 is 36.3 Å². The fourth-order valence-corrected chi connectivity index (χ4v) is 2.10. The van der Waals surface area contributed by atoms with Gasteiger partial charge in [0.1, 0.15) is 18.1 Å². The molecule has 25 heavy (non-hydrogen) atoms. The van der Waals surface area contributed by atoms with Crippen molar-refractivity contribution in [1.29, 1.82) is 0 Å². The smallest absolute Gasteiger partial charge is 0.327 e. The Labute approximate surface area is 151 Å². The van der Waals surface area contributed by atoms with E-state index in [0.29, 0.717) is 6.42 Å². The molecule has 0 aliphatic rings. The van der Waals surface area contributed by atoms with Crippen molar-refractivity contribution in [3.8, 4) is 0 Å². The minimum atomic E-state index is -1.37. The number of hydrogen-bond acceptors (Lipinski definition) is 7. The molecular formula is C14H26N4O6S. The van der Waals surface area contributed by atoms with Gasteiger partial charge in [-0.05, 0) is 5.92 Å². The molecule has 0 aromatic carbocycles. The third-order valence-electron chi connectivity index (χ3n) is 3.61. The fourth-order valence-electron chi connectivity index (χ4n) is 1.85. The van der Waals surface area contributed by atoms with Crippen LogP contribution in [0.15, 0.2) is 0 Å². The lowest BCUT2D eigenvalue weighted by Crippen LogP contribution is -2.58. The summed E-state index contributed by atoms with van der Waals surface area (Å²) >= 11 is 3.81. The zero-order valence-corrected chi connectivity index (χ0v) is 15.1. The summed E-state index contributed by atoms with van der Waals surface area (Å²) in [5.41, 5.74) is 5.23. The highest BCUT2D eigenvalue weighted by Crippen LogP contribution is 2.08. The lowest BCUT2D eigenvalue weighted by Gasteiger charge is -2.26. The molecular weight excluding hydrogens is 352 g/mol. The average molecular weight is 378 g/mol. The van der Waals surface area contributed by atoms with Gasteiger partial charge in [0.25, 0.3) is 0 Å². The first-order chi connectivity index (χ1) is 11.7. The number of rotatable bonds is 11. The molecule has 0 bridgehead atoms. The number of carboxylic acids is 1. The highest BCUT2D eigenvalue weighted by molar-refractivity contribution is 7.80. The van der Waals surface area contributed by atoms with Crippen LogP contribution >= 0.6 is 12.6 Å². The molecule has 0 radical (unpaired) electrons. The van der Waals surface area contributed by atoms with Crippen molar-refractivity contribution in [2.45, 2.75) is 38.4 Å². The van der Waals surface area contributed by atoms with E-state index in [4.69, 9.17) is 10.8 Å². The van der Waals surface area contributed by atoms with Crippen LogP contribution in [0.3, 0.4) is 0 Å². The van der Waals surface area contributed by atoms with Crippen molar-refractivity contribution in [2.24, 2.45) is 11.7 Å². The molecule has 0 aromatic heterocycles. The molecule has 0 aromatic rings. The number of aliphatic hydroxyl groups is 1. The number of carboxylic acid groups (broad SMARTS) is 1. The molecule has 0 fully saturated rings. The highest BCUT2D eigenvalue weighted by Gasteiger charge is 2.30. The maximum Gasteiger partial charge on any atom is 0.327 e. The van der Waals surface area contributed by atoms with Crippen LogP contribution in [0, 0.1) is 5.92 Å². The van der Waals surface area contributed by atoms with Gasteiger partial charge < -0.3 is 31.9 Å². The van der Waals surface area contributed by atoms with Gasteiger partial charge in [0.15, 0.2) is 0 Å². The Kier molecular flexibility index (Phi) is 10.8. The number of amides is 3. The summed E-state index contributed by atoms with van der Waals surface area (Å²) in [6.45, 7) is 2.51. The van der Waals surface area contributed by atoms with E-state index in [1.807, 2.05) is 6.92 Å². The molecule has 11 heteroatoms. The van der Waals surface area contributed by atoms with Gasteiger partial charge in [0, 0.05) is 5.75 Å². The number of aliphatic hydroxyl groups excluding tert-OH is 1. The van der Waals surface area contributed by atoms with Crippen LogP contribution in [0.2, 0.25) is 0 Å². The van der Waals surface area contributed by atoms with Crippen LogP contribution < -0.4 is 21.7 Å². The normalized spacial score (nSPS) is 15.4. The first-order valence-electron chi connectivity index (χ1n) is 7.76. The minimum Gasteiger partial charge on any atom is -0.480 e. The number of aliphatic carboxylic acids is 1. The Bertz CT molecular complexity index is 490. The highest BCUT2D eigenvalue weighted by atomic mass is 32.1. The number of nitrogens with two attached hydrogens (primary N) is 1. The third-order valence-corrected chi connectivity index (χ3v) is 3.98. The van der Waals surface area contributed by atoms with Crippen LogP contribution in [-0.2, 0) is 19.2 Å². The Morgan fingerprint density at radius 3 is 2.04 bits per heavy atom. The van der Waals surface area contributed by atoms with Crippen molar-refractivity contribution < 1.29 is 29.4 Å². The van der Waals surface area contributed by atoms with Crippen LogP contribution in [0.4, 0.5) is 0 Å². The van der Waals surface area contributed by atoms with Crippen molar-refractivity contribution in [1.82, 2.24) is 16.0 Å². The van der Waals surface area contributed by atoms with Gasteiger partial charge in [0.2, 0.25) is 17.7 Å². The summed E-state index contributed by atoms with van der Waals surface area (Å²) < 4.78 is 0. The molecule has 0 heterocycles. The second-order valence-electron chi connectivity index (χ2n) is 5.46. The first-order valence-corrected chi connectivity index (χ1v) is 8.39. The van der Waals surface area contributed by atoms with Crippen molar-refractivity contribution in [3.05, 3.63) is 0 Å². The quantitative estimate of drug-likeness (QED) is 0.194. The van der Waals surface area contributed by atoms with Crippen molar-refractivity contribution in [2.75, 3.05) is 18.9 Å². The Hall–Kier alpha value is -1.85. The molecule has 4 unspecified atom stereocenters. The molecule has 144 valence electrons. The van der Waals surface area contributed by atoms with Gasteiger partial charge in [0.05, 0.1) is 13.2 Å². The molecule has 4 atom stereocenters. The Balaban J connectivity index is 5.05. The van der Waals surface area contributed by atoms with Crippen LogP contribution in [0.25, 0.3) is 0 Å². The largest absolute Gasteiger partial charge is 0.480 e. The zero-order chi connectivity index (χ0) is 19.6. The average Bonchev–Trinajstić information content (AvgIpc) is 2.60. The summed E-state index contributed by atoms with van der Waals surface area (Å²) in [7, 11) is 0. The van der Waals surface area contributed by atoms with Gasteiger partial charge in [-0.25, -0.2) is 4.79 Å². The van der Waals surface area contributed by atoms with Gasteiger partial charge in [-0.2, -0.15) is 12.6 Å². The number of hydrogen-bond donors (Lipinski definition) is 7. The number of carbonyl (C=O) groups excluding carboxylic acids is 3. The van der Waals surface area contributed by atoms with Crippen LogP contribution in [0.1, 0.15) is 20.3 Å². The van der Waals surface area contributed by atoms with E-state index >= 15 is 0 Å². The van der Waals surface area contributed by atoms with E-state index in [2.05, 4.69) is 28.6 Å². The van der Waals surface area contributed by atoms with Crippen LogP contribution in [-0.4, -0.2) is 70.9 Å². The molecule has 3 amide bonds. The SMILES string of the molecule is CCC(C)C(NC(=O)CN)C(=O)NC(CO)C(=O)NC(CS)C(=O)O. The first kappa shape index (κ1) is 23.1. The van der Waals surface area contributed by atoms with Crippen molar-refractivity contribution in [3.63, 3.8) is 0 Å². The second-order valence-corrected chi connectivity index (χ2v) is 5.83. The van der Waals surface area contributed by atoms with E-state index in [-0.39, 0.29) is 18.2 Å². The predicted octanol–water partition coefficient (Wildman–Crippen LogP) is -2.55. The number of thiol groups is 1.